The summed E-state index contributed by atoms with van der Waals surface area (Å²) in [6.07, 6.45) is 0. The fourth-order valence-electron chi connectivity index (χ4n) is 5.48. The minimum atomic E-state index is -1.13. The Morgan fingerprint density at radius 3 is 1.36 bits per heavy atom. The molecule has 202 valence electrons. The van der Waals surface area contributed by atoms with Gasteiger partial charge in [0.1, 0.15) is 30.4 Å². The maximum absolute atomic E-state index is 13.4. The van der Waals surface area contributed by atoms with Crippen molar-refractivity contribution >= 4 is 17.7 Å². The minimum absolute atomic E-state index is 0.119. The molecule has 2 N–H and O–H groups in total. The summed E-state index contributed by atoms with van der Waals surface area (Å²) in [5, 5.41) is 0. The summed E-state index contributed by atoms with van der Waals surface area (Å²) in [5.74, 6) is -1.11. The van der Waals surface area contributed by atoms with E-state index in [1.807, 2.05) is 95.3 Å². The number of esters is 2. The molecule has 7 heteroatoms. The number of ether oxygens (including phenoxy) is 2. The number of carbonyl (C=O) groups is 3. The van der Waals surface area contributed by atoms with Gasteiger partial charge in [-0.15, -0.1) is 0 Å². The fraction of sp³-hybridized carbons (Fsp3) is 0.281. The lowest BCUT2D eigenvalue weighted by Crippen LogP contribution is -2.34. The van der Waals surface area contributed by atoms with Crippen LogP contribution in [-0.4, -0.2) is 27.7 Å². The molecule has 0 bridgehead atoms. The zero-order chi connectivity index (χ0) is 28.3. The third-order valence-corrected chi connectivity index (χ3v) is 7.41. The van der Waals surface area contributed by atoms with E-state index in [1.165, 1.54) is 6.92 Å². The highest BCUT2D eigenvalue weighted by Crippen LogP contribution is 2.42. The number of carbonyl (C=O) groups excluding carboxylic acids is 3. The maximum atomic E-state index is 13.4. The topological polar surface area (TPSA) is 101 Å². The van der Waals surface area contributed by atoms with Crippen LogP contribution in [0.2, 0.25) is 0 Å². The zero-order valence-electron chi connectivity index (χ0n) is 23.2. The summed E-state index contributed by atoms with van der Waals surface area (Å²) in [4.78, 5) is 45.8. The Morgan fingerprint density at radius 2 is 1.03 bits per heavy atom. The molecule has 4 rings (SSSR count). The lowest BCUT2D eigenvalue weighted by molar-refractivity contribution is -0.120. The summed E-state index contributed by atoms with van der Waals surface area (Å²) in [5.41, 5.74) is 5.26. The van der Waals surface area contributed by atoms with Crippen LogP contribution in [0.1, 0.15) is 79.6 Å². The lowest BCUT2D eigenvalue weighted by atomic mass is 9.70. The Balaban J connectivity index is 1.67. The average Bonchev–Trinajstić information content (AvgIpc) is 3.40. The van der Waals surface area contributed by atoms with Gasteiger partial charge in [-0.05, 0) is 74.9 Å². The number of ketones is 1. The first-order chi connectivity index (χ1) is 18.6. The molecule has 0 aliphatic heterocycles. The molecular weight excluding hydrogens is 492 g/mol. The van der Waals surface area contributed by atoms with Gasteiger partial charge in [0.15, 0.2) is 0 Å². The van der Waals surface area contributed by atoms with Gasteiger partial charge in [0, 0.05) is 11.4 Å². The van der Waals surface area contributed by atoms with Crippen molar-refractivity contribution in [2.24, 2.45) is 0 Å². The zero-order valence-corrected chi connectivity index (χ0v) is 23.2. The monoisotopic (exact) mass is 526 g/mol. The highest BCUT2D eigenvalue weighted by Gasteiger charge is 2.43. The van der Waals surface area contributed by atoms with Crippen LogP contribution in [0, 0.1) is 27.7 Å². The van der Waals surface area contributed by atoms with E-state index in [1.54, 1.807) is 0 Å². The number of hydrogen-bond donors (Lipinski definition) is 2. The molecule has 0 aliphatic carbocycles. The van der Waals surface area contributed by atoms with E-state index in [4.69, 9.17) is 9.47 Å². The van der Waals surface area contributed by atoms with Crippen LogP contribution < -0.4 is 0 Å². The van der Waals surface area contributed by atoms with Crippen molar-refractivity contribution in [3.8, 4) is 0 Å². The van der Waals surface area contributed by atoms with Gasteiger partial charge >= 0.3 is 11.9 Å². The number of H-pyrrole nitrogens is 2. The Morgan fingerprint density at radius 1 is 0.667 bits per heavy atom. The van der Waals surface area contributed by atoms with Gasteiger partial charge in [-0.25, -0.2) is 9.59 Å². The molecule has 0 unspecified atom stereocenters. The molecule has 0 atom stereocenters. The van der Waals surface area contributed by atoms with Crippen molar-refractivity contribution in [1.29, 1.82) is 0 Å². The highest BCUT2D eigenvalue weighted by atomic mass is 16.5. The number of aryl methyl sites for hydroxylation is 2. The molecule has 39 heavy (non-hydrogen) atoms. The molecule has 0 aliphatic rings. The van der Waals surface area contributed by atoms with E-state index in [9.17, 15) is 14.4 Å². The second-order valence-electron chi connectivity index (χ2n) is 10.1. The van der Waals surface area contributed by atoms with Gasteiger partial charge < -0.3 is 19.4 Å². The molecule has 0 amide bonds. The van der Waals surface area contributed by atoms with Crippen molar-refractivity contribution in [3.63, 3.8) is 0 Å². The van der Waals surface area contributed by atoms with Gasteiger partial charge in [-0.2, -0.15) is 0 Å². The predicted molar refractivity (Wildman–Crippen MR) is 149 cm³/mol. The van der Waals surface area contributed by atoms with Crippen molar-refractivity contribution in [3.05, 3.63) is 117 Å². The van der Waals surface area contributed by atoms with Crippen molar-refractivity contribution in [1.82, 2.24) is 9.97 Å². The summed E-state index contributed by atoms with van der Waals surface area (Å²) in [6.45, 7) is 10.9. The molecule has 2 aromatic heterocycles. The molecule has 7 nitrogen and oxygen atoms in total. The van der Waals surface area contributed by atoms with Gasteiger partial charge in [-0.1, -0.05) is 60.7 Å². The normalized spacial score (nSPS) is 11.3. The summed E-state index contributed by atoms with van der Waals surface area (Å²) in [6, 6.07) is 18.9. The summed E-state index contributed by atoms with van der Waals surface area (Å²) >= 11 is 0. The van der Waals surface area contributed by atoms with E-state index < -0.39 is 17.4 Å². The molecule has 2 aromatic carbocycles. The first-order valence-electron chi connectivity index (χ1n) is 12.9. The Kier molecular flexibility index (Phi) is 7.90. The Bertz CT molecular complexity index is 1410. The number of aromatic nitrogens is 2. The first kappa shape index (κ1) is 27.6. The number of hydrogen-bond acceptors (Lipinski definition) is 5. The van der Waals surface area contributed by atoms with E-state index in [0.717, 1.165) is 11.1 Å². The van der Waals surface area contributed by atoms with Gasteiger partial charge in [0.25, 0.3) is 0 Å². The quantitative estimate of drug-likeness (QED) is 0.253. The second-order valence-corrected chi connectivity index (χ2v) is 10.1. The highest BCUT2D eigenvalue weighted by molar-refractivity contribution is 5.97. The molecule has 4 aromatic rings. The summed E-state index contributed by atoms with van der Waals surface area (Å²) in [7, 11) is 0. The standard InChI is InChI=1S/C32H34N2O5/c1-19-26(21(3)33-28(19)30(36)38-17-24-13-9-7-10-14-24)32(6,23(5)35)27-20(2)29(34-22(27)4)31(37)39-18-25-15-11-8-12-16-25/h7-16,33-34H,17-18H2,1-6H3. The number of rotatable bonds is 9. The van der Waals surface area contributed by atoms with Crippen LogP contribution in [0.25, 0.3) is 0 Å². The second kappa shape index (κ2) is 11.2. The molecule has 0 fully saturated rings. The fourth-order valence-corrected chi connectivity index (χ4v) is 5.48. The van der Waals surface area contributed by atoms with E-state index in [2.05, 4.69) is 9.97 Å². The minimum Gasteiger partial charge on any atom is -0.456 e. The first-order valence-corrected chi connectivity index (χ1v) is 12.9. The third-order valence-electron chi connectivity index (χ3n) is 7.41. The van der Waals surface area contributed by atoms with Gasteiger partial charge in [-0.3, -0.25) is 4.79 Å². The predicted octanol–water partition coefficient (Wildman–Crippen LogP) is 6.19. The largest absolute Gasteiger partial charge is 0.456 e. The van der Waals surface area contributed by atoms with Crippen LogP contribution >= 0.6 is 0 Å². The van der Waals surface area contributed by atoms with Crippen molar-refractivity contribution < 1.29 is 23.9 Å². The van der Waals surface area contributed by atoms with Crippen molar-refractivity contribution in [2.75, 3.05) is 0 Å². The lowest BCUT2D eigenvalue weighted by Gasteiger charge is -2.30. The third kappa shape index (κ3) is 5.30. The van der Waals surface area contributed by atoms with E-state index >= 15 is 0 Å². The SMILES string of the molecule is CC(=O)C(C)(c1c(C)[nH]c(C(=O)OCc2ccccc2)c1C)c1c(C)[nH]c(C(=O)OCc2ccccc2)c1C. The molecule has 0 spiro atoms. The van der Waals surface area contributed by atoms with Gasteiger partial charge in [0.2, 0.25) is 0 Å². The Labute approximate surface area is 228 Å². The van der Waals surface area contributed by atoms with Crippen LogP contribution in [0.15, 0.2) is 60.7 Å². The molecular formula is C32H34N2O5. The van der Waals surface area contributed by atoms with E-state index in [-0.39, 0.29) is 19.0 Å². The molecule has 0 saturated carbocycles. The number of benzene rings is 2. The Hall–Kier alpha value is -4.39. The maximum Gasteiger partial charge on any atom is 0.355 e. The number of Topliss-reactive ketones (excluding diaryl/α,β-unsaturated/α-hetero) is 1. The van der Waals surface area contributed by atoms with Gasteiger partial charge in [0.05, 0.1) is 5.41 Å². The average molecular weight is 527 g/mol. The van der Waals surface area contributed by atoms with Crippen molar-refractivity contribution in [2.45, 2.75) is 60.2 Å². The van der Waals surface area contributed by atoms with E-state index in [0.29, 0.717) is 45.0 Å². The number of aromatic amines is 2. The van der Waals surface area contributed by atoms with Crippen LogP contribution in [0.3, 0.4) is 0 Å². The smallest absolute Gasteiger partial charge is 0.355 e. The molecule has 0 radical (unpaired) electrons. The molecule has 0 saturated heterocycles. The number of nitrogens with one attached hydrogen (secondary N) is 2. The van der Waals surface area contributed by atoms with Crippen LogP contribution in [0.4, 0.5) is 0 Å². The summed E-state index contributed by atoms with van der Waals surface area (Å²) < 4.78 is 11.1. The van der Waals surface area contributed by atoms with Crippen LogP contribution in [0.5, 0.6) is 0 Å². The molecule has 2 heterocycles. The van der Waals surface area contributed by atoms with Crippen LogP contribution in [-0.2, 0) is 32.9 Å².